The fraction of sp³-hybridized carbons (Fsp3) is 0.304. The zero-order valence-electron chi connectivity index (χ0n) is 15.8. The molecule has 1 aliphatic carbocycles. The molecule has 138 valence electrons. The molecule has 3 aromatic rings. The van der Waals surface area contributed by atoms with Crippen molar-refractivity contribution in [3.05, 3.63) is 76.1 Å². The van der Waals surface area contributed by atoms with Gasteiger partial charge in [-0.3, -0.25) is 9.36 Å². The molecule has 1 aromatic heterocycles. The van der Waals surface area contributed by atoms with E-state index in [4.69, 9.17) is 4.98 Å². The third kappa shape index (κ3) is 2.81. The highest BCUT2D eigenvalue weighted by Crippen LogP contribution is 2.42. The van der Waals surface area contributed by atoms with Crippen LogP contribution in [0.3, 0.4) is 0 Å². The van der Waals surface area contributed by atoms with Gasteiger partial charge in [0.2, 0.25) is 0 Å². The Morgan fingerprint density at radius 3 is 2.52 bits per heavy atom. The molecule has 4 heteroatoms. The van der Waals surface area contributed by atoms with Crippen LogP contribution in [0.5, 0.6) is 0 Å². The van der Waals surface area contributed by atoms with E-state index in [2.05, 4.69) is 26.0 Å². The normalized spacial score (nSPS) is 18.0. The first-order valence-electron chi connectivity index (χ1n) is 9.49. The van der Waals surface area contributed by atoms with Crippen LogP contribution >= 0.6 is 0 Å². The minimum atomic E-state index is -0.264. The van der Waals surface area contributed by atoms with Crippen LogP contribution in [-0.2, 0) is 18.4 Å². The summed E-state index contributed by atoms with van der Waals surface area (Å²) < 4.78 is 1.63. The lowest BCUT2D eigenvalue weighted by Gasteiger charge is -2.36. The van der Waals surface area contributed by atoms with Crippen LogP contribution < -0.4 is 5.56 Å². The van der Waals surface area contributed by atoms with Crippen molar-refractivity contribution >= 4 is 0 Å². The smallest absolute Gasteiger partial charge is 0.258 e. The van der Waals surface area contributed by atoms with E-state index in [-0.39, 0.29) is 24.1 Å². The zero-order valence-corrected chi connectivity index (χ0v) is 15.8. The van der Waals surface area contributed by atoms with Gasteiger partial charge in [-0.25, -0.2) is 4.98 Å². The number of rotatable bonds is 4. The van der Waals surface area contributed by atoms with E-state index in [1.54, 1.807) is 4.57 Å². The number of fused-ring (bicyclic) bond motifs is 3. The number of hydrogen-bond acceptors (Lipinski definition) is 3. The molecule has 27 heavy (non-hydrogen) atoms. The van der Waals surface area contributed by atoms with Gasteiger partial charge in [0.1, 0.15) is 5.82 Å². The number of nitrogens with zero attached hydrogens (tertiary/aromatic N) is 2. The molecule has 2 aromatic carbocycles. The van der Waals surface area contributed by atoms with E-state index < -0.39 is 0 Å². The Balaban J connectivity index is 2.10. The van der Waals surface area contributed by atoms with E-state index in [1.807, 2.05) is 42.5 Å². The third-order valence-corrected chi connectivity index (χ3v) is 5.76. The van der Waals surface area contributed by atoms with E-state index in [0.717, 1.165) is 35.2 Å². The highest BCUT2D eigenvalue weighted by atomic mass is 16.3. The average Bonchev–Trinajstić information content (AvgIpc) is 2.70. The van der Waals surface area contributed by atoms with Gasteiger partial charge in [-0.1, -0.05) is 68.4 Å². The molecular weight excluding hydrogens is 336 g/mol. The largest absolute Gasteiger partial charge is 0.395 e. The Kier molecular flexibility index (Phi) is 4.44. The first-order chi connectivity index (χ1) is 13.1. The molecule has 4 nitrogen and oxygen atoms in total. The number of benzene rings is 2. The molecule has 0 bridgehead atoms. The van der Waals surface area contributed by atoms with Gasteiger partial charge >= 0.3 is 0 Å². The van der Waals surface area contributed by atoms with Crippen molar-refractivity contribution in [3.63, 3.8) is 0 Å². The van der Waals surface area contributed by atoms with E-state index in [0.29, 0.717) is 5.82 Å². The summed E-state index contributed by atoms with van der Waals surface area (Å²) in [5, 5.41) is 9.58. The van der Waals surface area contributed by atoms with E-state index in [9.17, 15) is 9.90 Å². The second-order valence-corrected chi connectivity index (χ2v) is 7.45. The van der Waals surface area contributed by atoms with Crippen molar-refractivity contribution in [1.29, 1.82) is 0 Å². The molecule has 1 heterocycles. The average molecular weight is 360 g/mol. The maximum atomic E-state index is 13.6. The lowest BCUT2D eigenvalue weighted by molar-refractivity contribution is 0.273. The monoisotopic (exact) mass is 360 g/mol. The summed E-state index contributed by atoms with van der Waals surface area (Å²) in [6.45, 7) is 4.42. The second-order valence-electron chi connectivity index (χ2n) is 7.45. The van der Waals surface area contributed by atoms with E-state index >= 15 is 0 Å². The van der Waals surface area contributed by atoms with Gasteiger partial charge in [-0.2, -0.15) is 0 Å². The van der Waals surface area contributed by atoms with Crippen molar-refractivity contribution in [2.24, 2.45) is 0 Å². The summed E-state index contributed by atoms with van der Waals surface area (Å²) in [5.41, 5.74) is 4.43. The maximum absolute atomic E-state index is 13.6. The third-order valence-electron chi connectivity index (χ3n) is 5.76. The van der Waals surface area contributed by atoms with Gasteiger partial charge in [0.05, 0.1) is 24.4 Å². The summed E-state index contributed by atoms with van der Waals surface area (Å²) in [4.78, 5) is 18.6. The first-order valence-corrected chi connectivity index (χ1v) is 9.49. The molecular formula is C23H24N2O2. The van der Waals surface area contributed by atoms with Crippen LogP contribution in [0.15, 0.2) is 59.4 Å². The van der Waals surface area contributed by atoms with Crippen molar-refractivity contribution in [3.8, 4) is 22.6 Å². The summed E-state index contributed by atoms with van der Waals surface area (Å²) >= 11 is 0. The molecule has 0 fully saturated rings. The highest BCUT2D eigenvalue weighted by Gasteiger charge is 2.38. The number of aromatic nitrogens is 2. The Morgan fingerprint density at radius 1 is 1.11 bits per heavy atom. The van der Waals surface area contributed by atoms with Gasteiger partial charge in [-0.15, -0.1) is 0 Å². The molecule has 0 radical (unpaired) electrons. The SMILES string of the molecule is CC[C@@]1(C)Cc2ccccc2-c2nc(-c3ccccc3)n(CCO)c(=O)c21. The molecule has 0 aliphatic heterocycles. The predicted octanol–water partition coefficient (Wildman–Crippen LogP) is 3.79. The molecule has 0 unspecified atom stereocenters. The Labute approximate surface area is 159 Å². The molecule has 4 rings (SSSR count). The number of hydrogen-bond donors (Lipinski definition) is 1. The molecule has 0 spiro atoms. The van der Waals surface area contributed by atoms with Crippen LogP contribution in [-0.4, -0.2) is 21.3 Å². The lowest BCUT2D eigenvalue weighted by atomic mass is 9.69. The molecule has 0 saturated carbocycles. The zero-order chi connectivity index (χ0) is 19.0. The summed E-state index contributed by atoms with van der Waals surface area (Å²) in [6, 6.07) is 18.0. The maximum Gasteiger partial charge on any atom is 0.258 e. The van der Waals surface area contributed by atoms with Crippen molar-refractivity contribution in [1.82, 2.24) is 9.55 Å². The topological polar surface area (TPSA) is 55.1 Å². The number of aliphatic hydroxyl groups is 1. The molecule has 0 amide bonds. The van der Waals surface area contributed by atoms with Crippen LogP contribution in [0, 0.1) is 0 Å². The standard InChI is InChI=1S/C23H24N2O2/c1-3-23(2)15-17-11-7-8-12-18(17)20-19(23)22(27)25(13-14-26)21(24-20)16-9-5-4-6-10-16/h4-12,26H,3,13-15H2,1-2H3/t23-/m0/s1. The van der Waals surface area contributed by atoms with E-state index in [1.165, 1.54) is 5.56 Å². The lowest BCUT2D eigenvalue weighted by Crippen LogP contribution is -2.40. The molecule has 0 saturated heterocycles. The summed E-state index contributed by atoms with van der Waals surface area (Å²) in [6.07, 6.45) is 1.68. The van der Waals surface area contributed by atoms with Crippen LogP contribution in [0.25, 0.3) is 22.6 Å². The highest BCUT2D eigenvalue weighted by molar-refractivity contribution is 5.73. The minimum absolute atomic E-state index is 0.0354. The minimum Gasteiger partial charge on any atom is -0.395 e. The Hall–Kier alpha value is -2.72. The van der Waals surface area contributed by atoms with Crippen molar-refractivity contribution in [2.75, 3.05) is 6.61 Å². The van der Waals surface area contributed by atoms with Crippen LogP contribution in [0.1, 0.15) is 31.4 Å². The molecule has 1 N–H and O–H groups in total. The van der Waals surface area contributed by atoms with Crippen LogP contribution in [0.4, 0.5) is 0 Å². The number of aliphatic hydroxyl groups excluding tert-OH is 1. The van der Waals surface area contributed by atoms with Gasteiger partial charge in [-0.05, 0) is 18.4 Å². The predicted molar refractivity (Wildman–Crippen MR) is 108 cm³/mol. The first kappa shape index (κ1) is 17.7. The summed E-state index contributed by atoms with van der Waals surface area (Å²) in [7, 11) is 0. The molecule has 1 atom stereocenters. The van der Waals surface area contributed by atoms with Crippen molar-refractivity contribution in [2.45, 2.75) is 38.6 Å². The fourth-order valence-corrected chi connectivity index (χ4v) is 4.12. The Bertz CT molecular complexity index is 1040. The van der Waals surface area contributed by atoms with Crippen LogP contribution in [0.2, 0.25) is 0 Å². The Morgan fingerprint density at radius 2 is 1.81 bits per heavy atom. The van der Waals surface area contributed by atoms with Gasteiger partial charge in [0, 0.05) is 16.5 Å². The fourth-order valence-electron chi connectivity index (χ4n) is 4.12. The van der Waals surface area contributed by atoms with Gasteiger partial charge in [0.25, 0.3) is 5.56 Å². The van der Waals surface area contributed by atoms with Gasteiger partial charge < -0.3 is 5.11 Å². The molecule has 1 aliphatic rings. The van der Waals surface area contributed by atoms with Gasteiger partial charge in [0.15, 0.2) is 0 Å². The quantitative estimate of drug-likeness (QED) is 0.770. The second kappa shape index (κ2) is 6.78. The summed E-state index contributed by atoms with van der Waals surface area (Å²) in [5.74, 6) is 0.614. The van der Waals surface area contributed by atoms with Crippen molar-refractivity contribution < 1.29 is 5.11 Å².